The predicted octanol–water partition coefficient (Wildman–Crippen LogP) is 0.259. The summed E-state index contributed by atoms with van der Waals surface area (Å²) in [5, 5.41) is 3.04. The van der Waals surface area contributed by atoms with Gasteiger partial charge >= 0.3 is 0 Å². The lowest BCUT2D eigenvalue weighted by Gasteiger charge is -2.23. The molecule has 0 radical (unpaired) electrons. The van der Waals surface area contributed by atoms with Crippen LogP contribution in [0.5, 0.6) is 0 Å². The van der Waals surface area contributed by atoms with Gasteiger partial charge in [-0.25, -0.2) is 25.9 Å². The van der Waals surface area contributed by atoms with E-state index in [0.29, 0.717) is 13.0 Å². The summed E-state index contributed by atoms with van der Waals surface area (Å²) >= 11 is 0. The van der Waals surface area contributed by atoms with Crippen molar-refractivity contribution >= 4 is 19.9 Å². The zero-order valence-electron chi connectivity index (χ0n) is 11.5. The average molecular weight is 336 g/mol. The molecular weight excluding hydrogens is 319 g/mol. The molecule has 1 aliphatic rings. The SMILES string of the molecule is CS(=O)(=O)c1ccc(F)c(S(=O)(=O)N[C@H]2CCCNC2)c1. The van der Waals surface area contributed by atoms with Crippen molar-refractivity contribution in [2.75, 3.05) is 19.3 Å². The molecule has 6 nitrogen and oxygen atoms in total. The van der Waals surface area contributed by atoms with Crippen molar-refractivity contribution in [3.8, 4) is 0 Å². The van der Waals surface area contributed by atoms with E-state index in [1.165, 1.54) is 0 Å². The lowest BCUT2D eigenvalue weighted by molar-refractivity contribution is 0.427. The smallest absolute Gasteiger partial charge is 0.243 e. The summed E-state index contributed by atoms with van der Waals surface area (Å²) in [4.78, 5) is -0.873. The fraction of sp³-hybridized carbons (Fsp3) is 0.500. The average Bonchev–Trinajstić information content (AvgIpc) is 2.38. The van der Waals surface area contributed by atoms with Gasteiger partial charge in [-0.05, 0) is 37.6 Å². The van der Waals surface area contributed by atoms with Crippen LogP contribution in [0.4, 0.5) is 4.39 Å². The summed E-state index contributed by atoms with van der Waals surface area (Å²) in [5.41, 5.74) is 0. The molecule has 118 valence electrons. The summed E-state index contributed by atoms with van der Waals surface area (Å²) in [6.45, 7) is 1.28. The van der Waals surface area contributed by atoms with Crippen LogP contribution in [0.15, 0.2) is 28.0 Å². The van der Waals surface area contributed by atoms with Crippen LogP contribution >= 0.6 is 0 Å². The molecule has 1 fully saturated rings. The molecule has 1 aromatic carbocycles. The number of hydrogen-bond donors (Lipinski definition) is 2. The maximum Gasteiger partial charge on any atom is 0.243 e. The Labute approximate surface area is 123 Å². The zero-order valence-corrected chi connectivity index (χ0v) is 13.1. The molecule has 9 heteroatoms. The monoisotopic (exact) mass is 336 g/mol. The lowest BCUT2D eigenvalue weighted by atomic mass is 10.1. The van der Waals surface area contributed by atoms with Crippen molar-refractivity contribution in [1.82, 2.24) is 10.0 Å². The van der Waals surface area contributed by atoms with Gasteiger partial charge in [0.2, 0.25) is 10.0 Å². The molecule has 0 spiro atoms. The topological polar surface area (TPSA) is 92.3 Å². The molecule has 0 aromatic heterocycles. The van der Waals surface area contributed by atoms with Crippen LogP contribution in [0, 0.1) is 5.82 Å². The molecule has 1 aromatic rings. The standard InChI is InChI=1S/C12H17FN2O4S2/c1-20(16,17)10-4-5-11(13)12(7-10)21(18,19)15-9-3-2-6-14-8-9/h4-5,7,9,14-15H,2-3,6,8H2,1H3/t9-/m0/s1. The normalized spacial score (nSPS) is 20.4. The lowest BCUT2D eigenvalue weighted by Crippen LogP contribution is -2.45. The first-order valence-corrected chi connectivity index (χ1v) is 9.80. The summed E-state index contributed by atoms with van der Waals surface area (Å²) in [5.74, 6) is -0.973. The predicted molar refractivity (Wildman–Crippen MR) is 75.7 cm³/mol. The van der Waals surface area contributed by atoms with Crippen LogP contribution in [-0.4, -0.2) is 42.2 Å². The first kappa shape index (κ1) is 16.3. The molecule has 21 heavy (non-hydrogen) atoms. The van der Waals surface area contributed by atoms with E-state index in [1.807, 2.05) is 0 Å². The van der Waals surface area contributed by atoms with E-state index in [2.05, 4.69) is 10.0 Å². The van der Waals surface area contributed by atoms with E-state index in [1.54, 1.807) is 0 Å². The molecule has 0 saturated carbocycles. The van der Waals surface area contributed by atoms with Crippen molar-refractivity contribution in [2.24, 2.45) is 0 Å². The van der Waals surface area contributed by atoms with Crippen LogP contribution in [0.3, 0.4) is 0 Å². The van der Waals surface area contributed by atoms with Crippen LogP contribution in [0.2, 0.25) is 0 Å². The number of benzene rings is 1. The summed E-state index contributed by atoms with van der Waals surface area (Å²) < 4.78 is 63.6. The number of hydrogen-bond acceptors (Lipinski definition) is 5. The maximum absolute atomic E-state index is 13.8. The number of halogens is 1. The molecule has 0 amide bonds. The van der Waals surface area contributed by atoms with Gasteiger partial charge in [0.15, 0.2) is 9.84 Å². The Hall–Kier alpha value is -1.03. The molecule has 1 saturated heterocycles. The Morgan fingerprint density at radius 2 is 2.00 bits per heavy atom. The van der Waals surface area contributed by atoms with E-state index in [9.17, 15) is 21.2 Å². The summed E-state index contributed by atoms with van der Waals surface area (Å²) in [7, 11) is -7.71. The molecule has 1 heterocycles. The molecule has 1 aliphatic heterocycles. The fourth-order valence-electron chi connectivity index (χ4n) is 2.16. The summed E-state index contributed by atoms with van der Waals surface area (Å²) in [6.07, 6.45) is 2.41. The van der Waals surface area contributed by atoms with E-state index in [-0.39, 0.29) is 10.9 Å². The molecular formula is C12H17FN2O4S2. The highest BCUT2D eigenvalue weighted by atomic mass is 32.2. The third-order valence-corrected chi connectivity index (χ3v) is 5.88. The van der Waals surface area contributed by atoms with E-state index >= 15 is 0 Å². The zero-order chi connectivity index (χ0) is 15.7. The summed E-state index contributed by atoms with van der Waals surface area (Å²) in [6, 6.07) is 2.42. The minimum Gasteiger partial charge on any atom is -0.315 e. The van der Waals surface area contributed by atoms with Gasteiger partial charge in [0.05, 0.1) is 4.90 Å². The first-order chi connectivity index (χ1) is 9.70. The van der Waals surface area contributed by atoms with Crippen LogP contribution in [0.1, 0.15) is 12.8 Å². The molecule has 0 bridgehead atoms. The van der Waals surface area contributed by atoms with Gasteiger partial charge in [0.25, 0.3) is 0 Å². The van der Waals surface area contributed by atoms with E-state index in [4.69, 9.17) is 0 Å². The number of rotatable bonds is 4. The number of nitrogens with one attached hydrogen (secondary N) is 2. The highest BCUT2D eigenvalue weighted by molar-refractivity contribution is 7.91. The Kier molecular flexibility index (Phi) is 4.66. The number of piperidine rings is 1. The quantitative estimate of drug-likeness (QED) is 0.770. The van der Waals surface area contributed by atoms with Crippen LogP contribution in [0.25, 0.3) is 0 Å². The van der Waals surface area contributed by atoms with Crippen molar-refractivity contribution in [1.29, 1.82) is 0 Å². The Bertz CT molecular complexity index is 726. The minimum absolute atomic E-state index is 0.231. The van der Waals surface area contributed by atoms with E-state index < -0.39 is 30.6 Å². The second-order valence-electron chi connectivity index (χ2n) is 5.03. The molecule has 2 N–H and O–H groups in total. The van der Waals surface area contributed by atoms with Crippen LogP contribution in [-0.2, 0) is 19.9 Å². The molecule has 2 rings (SSSR count). The second kappa shape index (κ2) is 5.99. The number of sulfone groups is 1. The van der Waals surface area contributed by atoms with Gasteiger partial charge in [-0.2, -0.15) is 0 Å². The first-order valence-electron chi connectivity index (χ1n) is 6.43. The maximum atomic E-state index is 13.8. The Balaban J connectivity index is 2.34. The molecule has 0 aliphatic carbocycles. The highest BCUT2D eigenvalue weighted by Crippen LogP contribution is 2.20. The van der Waals surface area contributed by atoms with Crippen molar-refractivity contribution in [3.05, 3.63) is 24.0 Å². The largest absolute Gasteiger partial charge is 0.315 e. The minimum atomic E-state index is -4.10. The van der Waals surface area contributed by atoms with Crippen molar-refractivity contribution < 1.29 is 21.2 Å². The third-order valence-electron chi connectivity index (χ3n) is 3.24. The van der Waals surface area contributed by atoms with Crippen molar-refractivity contribution in [2.45, 2.75) is 28.7 Å². The van der Waals surface area contributed by atoms with Gasteiger partial charge in [0, 0.05) is 18.8 Å². The third kappa shape index (κ3) is 4.00. The van der Waals surface area contributed by atoms with Crippen molar-refractivity contribution in [3.63, 3.8) is 0 Å². The van der Waals surface area contributed by atoms with Gasteiger partial charge < -0.3 is 5.32 Å². The fourth-order valence-corrected chi connectivity index (χ4v) is 4.25. The highest BCUT2D eigenvalue weighted by Gasteiger charge is 2.25. The van der Waals surface area contributed by atoms with E-state index in [0.717, 1.165) is 37.4 Å². The molecule has 1 atom stereocenters. The Morgan fingerprint density at radius 1 is 1.29 bits per heavy atom. The number of sulfonamides is 1. The second-order valence-corrected chi connectivity index (χ2v) is 8.73. The molecule has 0 unspecified atom stereocenters. The Morgan fingerprint density at radius 3 is 2.57 bits per heavy atom. The van der Waals surface area contributed by atoms with Crippen LogP contribution < -0.4 is 10.0 Å². The van der Waals surface area contributed by atoms with Gasteiger partial charge in [0.1, 0.15) is 10.7 Å². The van der Waals surface area contributed by atoms with Gasteiger partial charge in [-0.1, -0.05) is 0 Å². The van der Waals surface area contributed by atoms with Gasteiger partial charge in [-0.15, -0.1) is 0 Å². The van der Waals surface area contributed by atoms with Gasteiger partial charge in [-0.3, -0.25) is 0 Å².